The topological polar surface area (TPSA) is 0 Å². The van der Waals surface area contributed by atoms with E-state index in [4.69, 9.17) is 0 Å². The molecular weight excluding hydrogens is 168 g/mol. The third kappa shape index (κ3) is 2.64. The molecule has 0 aliphatic carbocycles. The summed E-state index contributed by atoms with van der Waals surface area (Å²) in [5.41, 5.74) is 0. The Hall–Kier alpha value is 1.05. The molecule has 3 heteroatoms. The van der Waals surface area contributed by atoms with Crippen molar-refractivity contribution in [2.24, 2.45) is 0 Å². The van der Waals surface area contributed by atoms with E-state index < -0.39 is 0 Å². The van der Waals surface area contributed by atoms with Gasteiger partial charge in [0.15, 0.2) is 0 Å². The van der Waals surface area contributed by atoms with Gasteiger partial charge in [0.05, 0.1) is 0 Å². The molecule has 0 saturated carbocycles. The Morgan fingerprint density at radius 2 is 1.56 bits per heavy atom. The van der Waals surface area contributed by atoms with Gasteiger partial charge in [-0.05, 0) is 0 Å². The van der Waals surface area contributed by atoms with E-state index in [1.54, 1.807) is 0 Å². The minimum absolute atomic E-state index is 1.04. The molecule has 2 aliphatic rings. The molecule has 0 N–H and O–H groups in total. The molecule has 2 heterocycles. The van der Waals surface area contributed by atoms with Crippen LogP contribution in [0.15, 0.2) is 0 Å². The first-order chi connectivity index (χ1) is 4.45. The predicted octanol–water partition coefficient (Wildman–Crippen LogP) is 1.95. The van der Waals surface area contributed by atoms with Crippen molar-refractivity contribution in [3.8, 4) is 0 Å². The summed E-state index contributed by atoms with van der Waals surface area (Å²) >= 11 is 6.38. The number of hydrogen-bond acceptors (Lipinski definition) is 3. The highest BCUT2D eigenvalue weighted by Gasteiger charge is 2.25. The van der Waals surface area contributed by atoms with Crippen molar-refractivity contribution in [2.45, 2.75) is 10.5 Å². The van der Waals surface area contributed by atoms with Crippen LogP contribution in [0.25, 0.3) is 0 Å². The van der Waals surface area contributed by atoms with Crippen molar-refractivity contribution in [2.75, 3.05) is 23.0 Å². The van der Waals surface area contributed by atoms with Crippen molar-refractivity contribution in [3.05, 3.63) is 0 Å². The highest BCUT2D eigenvalue weighted by Crippen LogP contribution is 2.37. The first-order valence-electron chi connectivity index (χ1n) is 3.26. The maximum absolute atomic E-state index is 2.15. The molecule has 2 atom stereocenters. The van der Waals surface area contributed by atoms with Gasteiger partial charge in [-0.25, -0.2) is 0 Å². The second-order valence-electron chi connectivity index (χ2n) is 2.45. The number of hydrogen-bond donors (Lipinski definition) is 0. The van der Waals surface area contributed by atoms with E-state index in [1.807, 2.05) is 0 Å². The molecule has 0 spiro atoms. The Bertz CT molecular complexity index is 84.5. The minimum Gasteiger partial charge on any atom is -0.160 e. The van der Waals surface area contributed by atoms with Gasteiger partial charge in [-0.15, -0.1) is 0 Å². The van der Waals surface area contributed by atoms with Crippen LogP contribution in [0.2, 0.25) is 0 Å². The van der Waals surface area contributed by atoms with E-state index in [0.29, 0.717) is 0 Å². The quantitative estimate of drug-likeness (QED) is 0.604. The van der Waals surface area contributed by atoms with Crippen LogP contribution in [0.3, 0.4) is 0 Å². The van der Waals surface area contributed by atoms with Gasteiger partial charge in [0, 0.05) is 33.5 Å². The highest BCUT2D eigenvalue weighted by atomic mass is 32.2. The minimum atomic E-state index is 1.04. The normalized spacial score (nSPS) is 38.7. The van der Waals surface area contributed by atoms with E-state index in [2.05, 4.69) is 35.3 Å². The molecule has 0 aromatic rings. The zero-order valence-electron chi connectivity index (χ0n) is 5.21. The molecule has 0 bridgehead atoms. The standard InChI is InChI=1S/C6H10S3/c1(5-3-8-5)7-2-6-4-9-6/h5-6H,1-4H2/t5-,6+. The fourth-order valence-corrected chi connectivity index (χ4v) is 3.71. The number of rotatable bonds is 4. The summed E-state index contributed by atoms with van der Waals surface area (Å²) in [6, 6.07) is 0. The molecule has 0 aromatic carbocycles. The van der Waals surface area contributed by atoms with Crippen molar-refractivity contribution in [1.82, 2.24) is 0 Å². The van der Waals surface area contributed by atoms with Crippen LogP contribution in [-0.4, -0.2) is 33.5 Å². The summed E-state index contributed by atoms with van der Waals surface area (Å²) in [6.07, 6.45) is 0. The summed E-state index contributed by atoms with van der Waals surface area (Å²) in [5.74, 6) is 5.71. The first kappa shape index (κ1) is 6.74. The fraction of sp³-hybridized carbons (Fsp3) is 1.00. The van der Waals surface area contributed by atoms with Gasteiger partial charge in [0.2, 0.25) is 0 Å². The Kier molecular flexibility index (Phi) is 2.23. The summed E-state index contributed by atoms with van der Waals surface area (Å²) < 4.78 is 0. The van der Waals surface area contributed by atoms with Gasteiger partial charge in [-0.2, -0.15) is 35.3 Å². The number of thioether (sulfide) groups is 3. The van der Waals surface area contributed by atoms with Crippen LogP contribution in [-0.2, 0) is 0 Å². The van der Waals surface area contributed by atoms with Crippen molar-refractivity contribution in [1.29, 1.82) is 0 Å². The maximum atomic E-state index is 2.15. The highest BCUT2D eigenvalue weighted by molar-refractivity contribution is 8.10. The molecule has 0 unspecified atom stereocenters. The monoisotopic (exact) mass is 178 g/mol. The second-order valence-corrected chi connectivity index (χ2v) is 6.19. The average molecular weight is 178 g/mol. The lowest BCUT2D eigenvalue weighted by molar-refractivity contribution is 1.23. The second kappa shape index (κ2) is 2.97. The molecule has 2 saturated heterocycles. The summed E-state index contributed by atoms with van der Waals surface area (Å²) in [7, 11) is 0. The Balaban J connectivity index is 1.46. The van der Waals surface area contributed by atoms with E-state index >= 15 is 0 Å². The molecule has 0 aromatic heterocycles. The van der Waals surface area contributed by atoms with Gasteiger partial charge in [0.1, 0.15) is 0 Å². The largest absolute Gasteiger partial charge is 0.160 e. The van der Waals surface area contributed by atoms with E-state index in [-0.39, 0.29) is 0 Å². The zero-order valence-corrected chi connectivity index (χ0v) is 7.66. The molecule has 52 valence electrons. The Morgan fingerprint density at radius 3 is 1.89 bits per heavy atom. The average Bonchev–Trinajstić information content (AvgIpc) is 2.57. The van der Waals surface area contributed by atoms with Crippen molar-refractivity contribution < 1.29 is 0 Å². The van der Waals surface area contributed by atoms with Crippen LogP contribution in [0.4, 0.5) is 0 Å². The van der Waals surface area contributed by atoms with E-state index in [1.165, 1.54) is 23.0 Å². The predicted molar refractivity (Wildman–Crippen MR) is 49.8 cm³/mol. The van der Waals surface area contributed by atoms with Crippen LogP contribution in [0, 0.1) is 0 Å². The van der Waals surface area contributed by atoms with Crippen LogP contribution in [0.1, 0.15) is 0 Å². The van der Waals surface area contributed by atoms with E-state index in [0.717, 1.165) is 10.5 Å². The van der Waals surface area contributed by atoms with Crippen LogP contribution < -0.4 is 0 Å². The molecule has 9 heavy (non-hydrogen) atoms. The molecule has 2 aliphatic heterocycles. The van der Waals surface area contributed by atoms with Gasteiger partial charge in [-0.3, -0.25) is 0 Å². The molecule has 0 amide bonds. The van der Waals surface area contributed by atoms with Gasteiger partial charge >= 0.3 is 0 Å². The third-order valence-corrected chi connectivity index (χ3v) is 5.05. The third-order valence-electron chi connectivity index (χ3n) is 1.41. The Morgan fingerprint density at radius 1 is 1.11 bits per heavy atom. The first-order valence-corrected chi connectivity index (χ1v) is 6.51. The summed E-state index contributed by atoms with van der Waals surface area (Å²) in [6.45, 7) is 0. The van der Waals surface area contributed by atoms with Crippen molar-refractivity contribution >= 4 is 35.3 Å². The van der Waals surface area contributed by atoms with Gasteiger partial charge in [0.25, 0.3) is 0 Å². The Labute approximate surface area is 68.9 Å². The molecule has 0 radical (unpaired) electrons. The fourth-order valence-electron chi connectivity index (χ4n) is 0.659. The lowest BCUT2D eigenvalue weighted by Crippen LogP contribution is -1.93. The lowest BCUT2D eigenvalue weighted by atomic mass is 10.6. The smallest absolute Gasteiger partial charge is 0.0229 e. The van der Waals surface area contributed by atoms with E-state index in [9.17, 15) is 0 Å². The maximum Gasteiger partial charge on any atom is 0.0229 e. The zero-order chi connectivity index (χ0) is 6.10. The molecular formula is C6H10S3. The summed E-state index contributed by atoms with van der Waals surface area (Å²) in [4.78, 5) is 0. The summed E-state index contributed by atoms with van der Waals surface area (Å²) in [5, 5.41) is 2.08. The van der Waals surface area contributed by atoms with Crippen molar-refractivity contribution in [3.63, 3.8) is 0 Å². The van der Waals surface area contributed by atoms with Crippen LogP contribution in [0.5, 0.6) is 0 Å². The molecule has 0 nitrogen and oxygen atoms in total. The van der Waals surface area contributed by atoms with Gasteiger partial charge in [-0.1, -0.05) is 0 Å². The van der Waals surface area contributed by atoms with Crippen LogP contribution >= 0.6 is 35.3 Å². The molecule has 2 rings (SSSR count). The molecule has 2 fully saturated rings. The van der Waals surface area contributed by atoms with Gasteiger partial charge < -0.3 is 0 Å². The SMILES string of the molecule is C(SC[C@H]1CS1)[C@@H]1CS1. The lowest BCUT2D eigenvalue weighted by Gasteiger charge is -1.93.